The lowest BCUT2D eigenvalue weighted by molar-refractivity contribution is 0.0729. The summed E-state index contributed by atoms with van der Waals surface area (Å²) in [5, 5.41) is 2.60. The molecule has 3 heterocycles. The third kappa shape index (κ3) is 3.20. The minimum absolute atomic E-state index is 0.0511. The molecule has 2 aromatic rings. The Morgan fingerprint density at radius 1 is 1.29 bits per heavy atom. The molecule has 3 unspecified atom stereocenters. The molecule has 1 N–H and O–H groups in total. The number of nitrogens with zero attached hydrogens (tertiary/aromatic N) is 3. The fourth-order valence-corrected chi connectivity index (χ4v) is 4.35. The summed E-state index contributed by atoms with van der Waals surface area (Å²) in [4.78, 5) is 33.2. The molecule has 2 amide bonds. The molecule has 5 rings (SSSR count). The minimum atomic E-state index is -0.249. The van der Waals surface area contributed by atoms with Crippen molar-refractivity contribution in [1.82, 2.24) is 20.1 Å². The van der Waals surface area contributed by atoms with Gasteiger partial charge in [0.2, 0.25) is 0 Å². The van der Waals surface area contributed by atoms with Crippen molar-refractivity contribution in [3.05, 3.63) is 53.2 Å². The first-order valence-corrected chi connectivity index (χ1v) is 9.69. The van der Waals surface area contributed by atoms with E-state index in [-0.39, 0.29) is 23.8 Å². The average Bonchev–Trinajstić information content (AvgIpc) is 3.40. The van der Waals surface area contributed by atoms with Crippen molar-refractivity contribution in [3.8, 4) is 0 Å². The van der Waals surface area contributed by atoms with Gasteiger partial charge in [0.15, 0.2) is 12.1 Å². The first-order valence-electron chi connectivity index (χ1n) is 9.69. The van der Waals surface area contributed by atoms with E-state index >= 15 is 0 Å². The van der Waals surface area contributed by atoms with Crippen molar-refractivity contribution in [3.63, 3.8) is 0 Å². The number of hydrogen-bond acceptors (Lipinski definition) is 5. The summed E-state index contributed by atoms with van der Waals surface area (Å²) in [6, 6.07) is 7.98. The highest BCUT2D eigenvalue weighted by atomic mass is 16.3. The summed E-state index contributed by atoms with van der Waals surface area (Å²) >= 11 is 0. The smallest absolute Gasteiger partial charge is 0.273 e. The molecule has 28 heavy (non-hydrogen) atoms. The van der Waals surface area contributed by atoms with Crippen molar-refractivity contribution in [2.75, 3.05) is 34.2 Å². The van der Waals surface area contributed by atoms with E-state index in [0.717, 1.165) is 19.4 Å². The number of benzene rings is 1. The SMILES string of the molecule is CNC(=O)c1ncoc1C1C2CC1N(C(=O)c1ccc(CCN(C)C)cc1)C2. The quantitative estimate of drug-likeness (QED) is 0.824. The van der Waals surface area contributed by atoms with E-state index in [1.807, 2.05) is 29.2 Å². The Bertz CT molecular complexity index is 874. The lowest BCUT2D eigenvalue weighted by Crippen LogP contribution is -2.40. The number of hydrogen-bond donors (Lipinski definition) is 1. The molecule has 0 spiro atoms. The van der Waals surface area contributed by atoms with Crippen LogP contribution >= 0.6 is 0 Å². The van der Waals surface area contributed by atoms with Crippen molar-refractivity contribution in [2.24, 2.45) is 5.92 Å². The second kappa shape index (κ2) is 7.39. The Labute approximate surface area is 164 Å². The molecule has 7 heteroatoms. The molecule has 7 nitrogen and oxygen atoms in total. The summed E-state index contributed by atoms with van der Waals surface area (Å²) in [6.07, 6.45) is 3.23. The zero-order valence-electron chi connectivity index (χ0n) is 16.5. The van der Waals surface area contributed by atoms with Crippen LogP contribution in [0.2, 0.25) is 0 Å². The number of amides is 2. The standard InChI is InChI=1S/C21H26N4O3/c1-22-20(26)18-19(28-12-23-18)17-15-10-16(17)25(11-15)21(27)14-6-4-13(5-7-14)8-9-24(2)3/h4-7,12,15-17H,8-11H2,1-3H3,(H,22,26). The van der Waals surface area contributed by atoms with E-state index in [9.17, 15) is 9.59 Å². The predicted octanol–water partition coefficient (Wildman–Crippen LogP) is 1.77. The maximum absolute atomic E-state index is 13.0. The zero-order valence-corrected chi connectivity index (χ0v) is 16.5. The summed E-state index contributed by atoms with van der Waals surface area (Å²) in [7, 11) is 5.68. The van der Waals surface area contributed by atoms with Crippen molar-refractivity contribution in [2.45, 2.75) is 24.8 Å². The van der Waals surface area contributed by atoms with Crippen molar-refractivity contribution in [1.29, 1.82) is 0 Å². The van der Waals surface area contributed by atoms with Crippen LogP contribution in [0.3, 0.4) is 0 Å². The molecule has 148 valence electrons. The summed E-state index contributed by atoms with van der Waals surface area (Å²) < 4.78 is 5.55. The number of rotatable bonds is 6. The molecule has 3 atom stereocenters. The van der Waals surface area contributed by atoms with Crippen molar-refractivity contribution >= 4 is 11.8 Å². The highest BCUT2D eigenvalue weighted by molar-refractivity contribution is 5.95. The molecule has 3 aliphatic rings. The Morgan fingerprint density at radius 2 is 2.04 bits per heavy atom. The number of nitrogens with one attached hydrogen (secondary N) is 1. The van der Waals surface area contributed by atoms with Gasteiger partial charge >= 0.3 is 0 Å². The van der Waals surface area contributed by atoms with Gasteiger partial charge in [0, 0.05) is 37.7 Å². The molecular weight excluding hydrogens is 356 g/mol. The number of aromatic nitrogens is 1. The van der Waals surface area contributed by atoms with E-state index in [2.05, 4.69) is 29.3 Å². The van der Waals surface area contributed by atoms with Gasteiger partial charge < -0.3 is 19.5 Å². The Morgan fingerprint density at radius 3 is 2.71 bits per heavy atom. The number of carbonyl (C=O) groups is 2. The van der Waals surface area contributed by atoms with Gasteiger partial charge in [-0.1, -0.05) is 12.1 Å². The fourth-order valence-electron chi connectivity index (χ4n) is 4.35. The van der Waals surface area contributed by atoms with Gasteiger partial charge in [0.1, 0.15) is 5.76 Å². The lowest BCUT2D eigenvalue weighted by Gasteiger charge is -2.35. The number of fused-ring (bicyclic) bond motifs is 1. The summed E-state index contributed by atoms with van der Waals surface area (Å²) in [5.41, 5.74) is 2.27. The minimum Gasteiger partial charge on any atom is -0.447 e. The van der Waals surface area contributed by atoms with Crippen LogP contribution in [0.25, 0.3) is 0 Å². The van der Waals surface area contributed by atoms with Gasteiger partial charge in [-0.2, -0.15) is 0 Å². The van der Waals surface area contributed by atoms with Crippen LogP contribution in [0.4, 0.5) is 0 Å². The van der Waals surface area contributed by atoms with E-state index in [1.54, 1.807) is 7.05 Å². The van der Waals surface area contributed by atoms with Gasteiger partial charge in [-0.3, -0.25) is 9.59 Å². The normalized spacial score (nSPS) is 23.0. The first kappa shape index (κ1) is 18.7. The van der Waals surface area contributed by atoms with Crippen LogP contribution in [0, 0.1) is 5.92 Å². The molecule has 0 radical (unpaired) electrons. The predicted molar refractivity (Wildman–Crippen MR) is 104 cm³/mol. The molecular formula is C21H26N4O3. The van der Waals surface area contributed by atoms with Crippen LogP contribution in [0.15, 0.2) is 35.1 Å². The average molecular weight is 382 g/mol. The van der Waals surface area contributed by atoms with Gasteiger partial charge in [0.05, 0.1) is 0 Å². The fraction of sp³-hybridized carbons (Fsp3) is 0.476. The van der Waals surface area contributed by atoms with Gasteiger partial charge in [-0.05, 0) is 50.6 Å². The van der Waals surface area contributed by atoms with Crippen molar-refractivity contribution < 1.29 is 14.0 Å². The van der Waals surface area contributed by atoms with Gasteiger partial charge in [-0.15, -0.1) is 0 Å². The van der Waals surface area contributed by atoms with Crippen LogP contribution in [0.5, 0.6) is 0 Å². The van der Waals surface area contributed by atoms with E-state index in [1.165, 1.54) is 12.0 Å². The third-order valence-electron chi connectivity index (χ3n) is 5.95. The maximum atomic E-state index is 13.0. The Kier molecular flexibility index (Phi) is 4.93. The highest BCUT2D eigenvalue weighted by Crippen LogP contribution is 2.53. The number of carbonyl (C=O) groups excluding carboxylic acids is 2. The Balaban J connectivity index is 1.46. The van der Waals surface area contributed by atoms with Gasteiger partial charge in [-0.25, -0.2) is 4.98 Å². The Hall–Kier alpha value is -2.67. The molecule has 2 saturated heterocycles. The molecule has 1 aromatic heterocycles. The van der Waals surface area contributed by atoms with Gasteiger partial charge in [0.25, 0.3) is 11.8 Å². The number of oxazole rings is 1. The highest BCUT2D eigenvalue weighted by Gasteiger charge is 2.56. The molecule has 2 bridgehead atoms. The topological polar surface area (TPSA) is 78.7 Å². The van der Waals surface area contributed by atoms with E-state index in [0.29, 0.717) is 29.5 Å². The zero-order chi connectivity index (χ0) is 19.8. The van der Waals surface area contributed by atoms with E-state index in [4.69, 9.17) is 4.42 Å². The van der Waals surface area contributed by atoms with Crippen LogP contribution in [-0.4, -0.2) is 66.9 Å². The van der Waals surface area contributed by atoms with Crippen LogP contribution in [0.1, 0.15) is 44.5 Å². The molecule has 3 fully saturated rings. The van der Waals surface area contributed by atoms with Crippen LogP contribution < -0.4 is 5.32 Å². The summed E-state index contributed by atoms with van der Waals surface area (Å²) in [5.74, 6) is 0.786. The summed E-state index contributed by atoms with van der Waals surface area (Å²) in [6.45, 7) is 1.68. The maximum Gasteiger partial charge on any atom is 0.273 e. The van der Waals surface area contributed by atoms with Crippen LogP contribution in [-0.2, 0) is 6.42 Å². The number of likely N-dealkylation sites (N-methyl/N-ethyl adjacent to an activating group) is 1. The molecule has 2 aliphatic heterocycles. The second-order valence-electron chi connectivity index (χ2n) is 7.94. The van der Waals surface area contributed by atoms with E-state index < -0.39 is 0 Å². The molecule has 1 aliphatic carbocycles. The molecule has 1 aromatic carbocycles. The largest absolute Gasteiger partial charge is 0.447 e. The third-order valence-corrected chi connectivity index (χ3v) is 5.95. The second-order valence-corrected chi connectivity index (χ2v) is 7.94. The molecule has 1 saturated carbocycles. The monoisotopic (exact) mass is 382 g/mol. The lowest BCUT2D eigenvalue weighted by atomic mass is 9.72. The first-order chi connectivity index (χ1) is 13.5.